The lowest BCUT2D eigenvalue weighted by atomic mass is 10.1. The molecule has 0 bridgehead atoms. The molecule has 0 aromatic rings. The molecule has 0 aromatic carbocycles. The van der Waals surface area contributed by atoms with Gasteiger partial charge in [-0.2, -0.15) is 0 Å². The van der Waals surface area contributed by atoms with E-state index in [1.165, 1.54) is 0 Å². The number of nitrogens with one attached hydrogen (secondary N) is 1. The van der Waals surface area contributed by atoms with Crippen LogP contribution in [-0.2, 0) is 9.59 Å². The van der Waals surface area contributed by atoms with Crippen molar-refractivity contribution in [2.75, 3.05) is 40.3 Å². The molecule has 6 nitrogen and oxygen atoms in total. The molecular weight excluding hydrogens is 210 g/mol. The van der Waals surface area contributed by atoms with Crippen LogP contribution in [0.25, 0.3) is 0 Å². The fourth-order valence-electron chi connectivity index (χ4n) is 1.66. The molecule has 1 rings (SSSR count). The van der Waals surface area contributed by atoms with Crippen molar-refractivity contribution in [2.45, 2.75) is 12.5 Å². The topological polar surface area (TPSA) is 72.9 Å². The second-order valence-electron chi connectivity index (χ2n) is 4.32. The van der Waals surface area contributed by atoms with E-state index in [1.54, 1.807) is 4.90 Å². The molecule has 92 valence electrons. The van der Waals surface area contributed by atoms with Crippen LogP contribution >= 0.6 is 0 Å². The van der Waals surface area contributed by atoms with E-state index >= 15 is 0 Å². The molecule has 1 atom stereocenters. The zero-order valence-electron chi connectivity index (χ0n) is 9.77. The zero-order chi connectivity index (χ0) is 12.1. The lowest BCUT2D eigenvalue weighted by molar-refractivity contribution is -0.140. The van der Waals surface area contributed by atoms with Gasteiger partial charge in [-0.15, -0.1) is 0 Å². The Bertz CT molecular complexity index is 268. The summed E-state index contributed by atoms with van der Waals surface area (Å²) in [7, 11) is 3.89. The van der Waals surface area contributed by atoms with Crippen molar-refractivity contribution < 1.29 is 14.7 Å². The quantitative estimate of drug-likeness (QED) is 0.621. The summed E-state index contributed by atoms with van der Waals surface area (Å²) in [6.07, 6.45) is 0.0613. The number of aliphatic carboxylic acids is 1. The van der Waals surface area contributed by atoms with E-state index in [0.29, 0.717) is 13.1 Å². The van der Waals surface area contributed by atoms with Crippen LogP contribution in [0.5, 0.6) is 0 Å². The van der Waals surface area contributed by atoms with Crippen molar-refractivity contribution in [1.29, 1.82) is 0 Å². The largest absolute Gasteiger partial charge is 0.481 e. The Morgan fingerprint density at radius 1 is 1.62 bits per heavy atom. The van der Waals surface area contributed by atoms with Gasteiger partial charge in [-0.1, -0.05) is 0 Å². The fraction of sp³-hybridized carbons (Fsp3) is 0.800. The van der Waals surface area contributed by atoms with Gasteiger partial charge in [0.1, 0.15) is 0 Å². The Hall–Kier alpha value is -1.14. The predicted molar refractivity (Wildman–Crippen MR) is 59.2 cm³/mol. The van der Waals surface area contributed by atoms with Crippen LogP contribution in [0, 0.1) is 0 Å². The third-order valence-corrected chi connectivity index (χ3v) is 2.57. The Kier molecular flexibility index (Phi) is 4.70. The van der Waals surface area contributed by atoms with Gasteiger partial charge in [0.15, 0.2) is 0 Å². The summed E-state index contributed by atoms with van der Waals surface area (Å²) in [5.41, 5.74) is 0. The molecule has 0 saturated carbocycles. The zero-order valence-corrected chi connectivity index (χ0v) is 9.77. The van der Waals surface area contributed by atoms with Crippen molar-refractivity contribution in [3.63, 3.8) is 0 Å². The summed E-state index contributed by atoms with van der Waals surface area (Å²) in [6, 6.07) is -0.127. The van der Waals surface area contributed by atoms with Gasteiger partial charge in [-0.05, 0) is 14.1 Å². The monoisotopic (exact) mass is 229 g/mol. The molecule has 1 aliphatic rings. The van der Waals surface area contributed by atoms with Gasteiger partial charge in [0.2, 0.25) is 5.91 Å². The first-order valence-electron chi connectivity index (χ1n) is 5.36. The lowest BCUT2D eigenvalue weighted by Crippen LogP contribution is -2.55. The molecule has 1 unspecified atom stereocenters. The van der Waals surface area contributed by atoms with Crippen molar-refractivity contribution in [3.8, 4) is 0 Å². The smallest absolute Gasteiger partial charge is 0.304 e. The number of hydrogen-bond donors (Lipinski definition) is 2. The van der Waals surface area contributed by atoms with Gasteiger partial charge < -0.3 is 20.2 Å². The van der Waals surface area contributed by atoms with E-state index in [-0.39, 0.29) is 24.9 Å². The number of likely N-dealkylation sites (N-methyl/N-ethyl adjacent to an activating group) is 1. The molecular formula is C10H19N3O3. The molecule has 16 heavy (non-hydrogen) atoms. The van der Waals surface area contributed by atoms with Crippen molar-refractivity contribution >= 4 is 11.9 Å². The van der Waals surface area contributed by atoms with E-state index in [9.17, 15) is 9.59 Å². The maximum absolute atomic E-state index is 11.5. The number of rotatable bonds is 5. The Morgan fingerprint density at radius 2 is 2.31 bits per heavy atom. The molecule has 1 saturated heterocycles. The van der Waals surface area contributed by atoms with Crippen LogP contribution in [0.3, 0.4) is 0 Å². The molecule has 0 spiro atoms. The van der Waals surface area contributed by atoms with Crippen LogP contribution in [0.2, 0.25) is 0 Å². The normalized spacial score (nSPS) is 21.6. The van der Waals surface area contributed by atoms with E-state index in [0.717, 1.165) is 6.54 Å². The molecule has 6 heteroatoms. The average molecular weight is 229 g/mol. The Morgan fingerprint density at radius 3 is 2.88 bits per heavy atom. The summed E-state index contributed by atoms with van der Waals surface area (Å²) in [5, 5.41) is 11.6. The number of hydrogen-bond acceptors (Lipinski definition) is 4. The lowest BCUT2D eigenvalue weighted by Gasteiger charge is -2.33. The first-order valence-corrected chi connectivity index (χ1v) is 5.36. The molecule has 0 aliphatic carbocycles. The van der Waals surface area contributed by atoms with Gasteiger partial charge in [-0.3, -0.25) is 9.59 Å². The van der Waals surface area contributed by atoms with Crippen LogP contribution in [-0.4, -0.2) is 73.1 Å². The van der Waals surface area contributed by atoms with E-state index in [1.807, 2.05) is 19.0 Å². The summed E-state index contributed by atoms with van der Waals surface area (Å²) < 4.78 is 0. The van der Waals surface area contributed by atoms with E-state index < -0.39 is 5.97 Å². The minimum absolute atomic E-state index is 0.0449. The number of nitrogens with zero attached hydrogens (tertiary/aromatic N) is 2. The highest BCUT2D eigenvalue weighted by Gasteiger charge is 2.26. The maximum Gasteiger partial charge on any atom is 0.304 e. The number of piperazine rings is 1. The second kappa shape index (κ2) is 5.81. The highest BCUT2D eigenvalue weighted by Crippen LogP contribution is 2.04. The standard InChI is InChI=1S/C10H19N3O3/c1-12(2)3-4-13-7-8(5-10(15)16)11-6-9(13)14/h8,11H,3-7H2,1-2H3,(H,15,16). The van der Waals surface area contributed by atoms with E-state index in [4.69, 9.17) is 5.11 Å². The molecule has 1 heterocycles. The molecule has 0 radical (unpaired) electrons. The minimum Gasteiger partial charge on any atom is -0.481 e. The first-order chi connectivity index (χ1) is 7.49. The molecule has 2 N–H and O–H groups in total. The van der Waals surface area contributed by atoms with Crippen molar-refractivity contribution in [1.82, 2.24) is 15.1 Å². The third kappa shape index (κ3) is 4.16. The summed E-state index contributed by atoms with van der Waals surface area (Å²) in [6.45, 7) is 2.18. The van der Waals surface area contributed by atoms with Crippen LogP contribution in [0.1, 0.15) is 6.42 Å². The first kappa shape index (κ1) is 12.9. The SMILES string of the molecule is CN(C)CCN1CC(CC(=O)O)NCC1=O. The van der Waals surface area contributed by atoms with Gasteiger partial charge in [-0.25, -0.2) is 0 Å². The van der Waals surface area contributed by atoms with Crippen molar-refractivity contribution in [2.24, 2.45) is 0 Å². The van der Waals surface area contributed by atoms with E-state index in [2.05, 4.69) is 5.32 Å². The third-order valence-electron chi connectivity index (χ3n) is 2.57. The predicted octanol–water partition coefficient (Wildman–Crippen LogP) is -1.18. The second-order valence-corrected chi connectivity index (χ2v) is 4.32. The summed E-state index contributed by atoms with van der Waals surface area (Å²) >= 11 is 0. The number of carboxylic acid groups (broad SMARTS) is 1. The van der Waals surface area contributed by atoms with Gasteiger partial charge in [0.25, 0.3) is 0 Å². The molecule has 0 aromatic heterocycles. The average Bonchev–Trinajstić information content (AvgIpc) is 2.18. The van der Waals surface area contributed by atoms with Gasteiger partial charge in [0, 0.05) is 25.7 Å². The van der Waals surface area contributed by atoms with Crippen LogP contribution < -0.4 is 5.32 Å². The maximum atomic E-state index is 11.5. The number of carbonyl (C=O) groups is 2. The number of carbonyl (C=O) groups excluding carboxylic acids is 1. The summed E-state index contributed by atoms with van der Waals surface area (Å²) in [4.78, 5) is 25.8. The van der Waals surface area contributed by atoms with Gasteiger partial charge >= 0.3 is 5.97 Å². The van der Waals surface area contributed by atoms with Gasteiger partial charge in [0.05, 0.1) is 13.0 Å². The fourth-order valence-corrected chi connectivity index (χ4v) is 1.66. The van der Waals surface area contributed by atoms with Crippen LogP contribution in [0.4, 0.5) is 0 Å². The molecule has 1 amide bonds. The van der Waals surface area contributed by atoms with Crippen molar-refractivity contribution in [3.05, 3.63) is 0 Å². The highest BCUT2D eigenvalue weighted by atomic mass is 16.4. The Labute approximate surface area is 95.2 Å². The minimum atomic E-state index is -0.834. The molecule has 1 aliphatic heterocycles. The highest BCUT2D eigenvalue weighted by molar-refractivity contribution is 5.79. The van der Waals surface area contributed by atoms with Crippen LogP contribution in [0.15, 0.2) is 0 Å². The summed E-state index contributed by atoms with van der Waals surface area (Å²) in [5.74, 6) is -0.789. The number of carboxylic acids is 1. The number of amides is 1. The molecule has 1 fully saturated rings. The Balaban J connectivity index is 2.42.